The fraction of sp³-hybridized carbons (Fsp3) is 0.692. The molecule has 1 saturated carbocycles. The van der Waals surface area contributed by atoms with E-state index >= 15 is 0 Å². The first-order valence-corrected chi connectivity index (χ1v) is 5.93. The Balaban J connectivity index is 2.51. The van der Waals surface area contributed by atoms with Crippen LogP contribution in [0.2, 0.25) is 0 Å². The molecule has 0 radical (unpaired) electrons. The molecule has 0 aromatic rings. The Labute approximate surface area is 102 Å². The Morgan fingerprint density at radius 3 is 2.35 bits per heavy atom. The number of hydrogen-bond acceptors (Lipinski definition) is 4. The Morgan fingerprint density at radius 1 is 1.35 bits per heavy atom. The maximum atomic E-state index is 11.5. The van der Waals surface area contributed by atoms with Crippen LogP contribution in [0, 0.1) is 11.8 Å². The van der Waals surface area contributed by atoms with E-state index in [2.05, 4.69) is 16.1 Å². The summed E-state index contributed by atoms with van der Waals surface area (Å²) in [6.45, 7) is 4.01. The molecule has 0 bridgehead atoms. The first-order valence-electron chi connectivity index (χ1n) is 5.93. The molecule has 0 aromatic carbocycles. The van der Waals surface area contributed by atoms with Crippen LogP contribution < -0.4 is 0 Å². The largest absolute Gasteiger partial charge is 0.468 e. The SMILES string of the molecule is C=C1CCCC1CCC(C(=O)OC)C(=O)OC. The Hall–Kier alpha value is -1.32. The van der Waals surface area contributed by atoms with Crippen LogP contribution in [0.25, 0.3) is 0 Å². The number of hydrogen-bond donors (Lipinski definition) is 0. The highest BCUT2D eigenvalue weighted by Gasteiger charge is 2.30. The second-order valence-electron chi connectivity index (χ2n) is 4.42. The van der Waals surface area contributed by atoms with Gasteiger partial charge in [0.1, 0.15) is 0 Å². The van der Waals surface area contributed by atoms with Gasteiger partial charge in [-0.1, -0.05) is 12.2 Å². The van der Waals surface area contributed by atoms with Crippen molar-refractivity contribution in [1.29, 1.82) is 0 Å². The minimum absolute atomic E-state index is 0.437. The molecule has 0 aliphatic heterocycles. The number of carbonyl (C=O) groups is 2. The van der Waals surface area contributed by atoms with Crippen LogP contribution in [-0.2, 0) is 19.1 Å². The number of ether oxygens (including phenoxy) is 2. The Kier molecular flexibility index (Phi) is 5.19. The van der Waals surface area contributed by atoms with E-state index in [4.69, 9.17) is 0 Å². The van der Waals surface area contributed by atoms with Crippen LogP contribution in [0.3, 0.4) is 0 Å². The van der Waals surface area contributed by atoms with Crippen molar-refractivity contribution in [2.75, 3.05) is 14.2 Å². The van der Waals surface area contributed by atoms with Gasteiger partial charge in [0, 0.05) is 0 Å². The highest BCUT2D eigenvalue weighted by Crippen LogP contribution is 2.34. The molecule has 1 aliphatic carbocycles. The van der Waals surface area contributed by atoms with Crippen LogP contribution in [-0.4, -0.2) is 26.2 Å². The van der Waals surface area contributed by atoms with E-state index < -0.39 is 17.9 Å². The summed E-state index contributed by atoms with van der Waals surface area (Å²) in [6, 6.07) is 0. The molecule has 4 heteroatoms. The third-order valence-electron chi connectivity index (χ3n) is 3.40. The molecule has 96 valence electrons. The summed E-state index contributed by atoms with van der Waals surface area (Å²) >= 11 is 0. The van der Waals surface area contributed by atoms with Crippen molar-refractivity contribution in [3.05, 3.63) is 12.2 Å². The lowest BCUT2D eigenvalue weighted by atomic mass is 9.92. The van der Waals surface area contributed by atoms with Crippen molar-refractivity contribution < 1.29 is 19.1 Å². The Bertz CT molecular complexity index is 293. The lowest BCUT2D eigenvalue weighted by Crippen LogP contribution is -2.27. The van der Waals surface area contributed by atoms with Gasteiger partial charge in [0.25, 0.3) is 0 Å². The van der Waals surface area contributed by atoms with E-state index in [-0.39, 0.29) is 0 Å². The molecule has 1 rings (SSSR count). The molecule has 0 aromatic heterocycles. The van der Waals surface area contributed by atoms with E-state index in [0.29, 0.717) is 12.3 Å². The zero-order valence-corrected chi connectivity index (χ0v) is 10.5. The van der Waals surface area contributed by atoms with Crippen molar-refractivity contribution in [2.24, 2.45) is 11.8 Å². The minimum atomic E-state index is -0.793. The van der Waals surface area contributed by atoms with Crippen molar-refractivity contribution in [1.82, 2.24) is 0 Å². The summed E-state index contributed by atoms with van der Waals surface area (Å²) in [5.41, 5.74) is 1.23. The molecule has 1 unspecified atom stereocenters. The summed E-state index contributed by atoms with van der Waals surface area (Å²) in [7, 11) is 2.57. The molecular formula is C13H20O4. The predicted octanol–water partition coefficient (Wildman–Crippen LogP) is 2.09. The summed E-state index contributed by atoms with van der Waals surface area (Å²) in [4.78, 5) is 22.9. The summed E-state index contributed by atoms with van der Waals surface area (Å²) in [5, 5.41) is 0. The number of methoxy groups -OCH3 is 2. The monoisotopic (exact) mass is 240 g/mol. The molecule has 1 aliphatic rings. The fourth-order valence-electron chi connectivity index (χ4n) is 2.32. The number of carbonyl (C=O) groups excluding carboxylic acids is 2. The van der Waals surface area contributed by atoms with Crippen molar-refractivity contribution in [3.8, 4) is 0 Å². The van der Waals surface area contributed by atoms with Gasteiger partial charge < -0.3 is 9.47 Å². The standard InChI is InChI=1S/C13H20O4/c1-9-5-4-6-10(9)7-8-11(12(14)16-2)13(15)17-3/h10-11H,1,4-8H2,2-3H3. The lowest BCUT2D eigenvalue weighted by molar-refractivity contribution is -0.159. The smallest absolute Gasteiger partial charge is 0.320 e. The quantitative estimate of drug-likeness (QED) is 0.419. The van der Waals surface area contributed by atoms with Crippen molar-refractivity contribution in [2.45, 2.75) is 32.1 Å². The van der Waals surface area contributed by atoms with Crippen LogP contribution in [0.4, 0.5) is 0 Å². The van der Waals surface area contributed by atoms with Gasteiger partial charge in [0.15, 0.2) is 5.92 Å². The van der Waals surface area contributed by atoms with Gasteiger partial charge in [-0.2, -0.15) is 0 Å². The maximum Gasteiger partial charge on any atom is 0.320 e. The number of allylic oxidation sites excluding steroid dienone is 1. The van der Waals surface area contributed by atoms with Gasteiger partial charge in [-0.25, -0.2) is 0 Å². The van der Waals surface area contributed by atoms with Gasteiger partial charge in [-0.3, -0.25) is 9.59 Å². The fourth-order valence-corrected chi connectivity index (χ4v) is 2.32. The average molecular weight is 240 g/mol. The molecule has 0 spiro atoms. The van der Waals surface area contributed by atoms with E-state index in [0.717, 1.165) is 25.7 Å². The summed E-state index contributed by atoms with van der Waals surface area (Å²) in [6.07, 6.45) is 4.60. The first kappa shape index (κ1) is 13.7. The molecule has 4 nitrogen and oxygen atoms in total. The van der Waals surface area contributed by atoms with Crippen LogP contribution in [0.1, 0.15) is 32.1 Å². The second-order valence-corrected chi connectivity index (χ2v) is 4.42. The maximum absolute atomic E-state index is 11.5. The molecular weight excluding hydrogens is 220 g/mol. The predicted molar refractivity (Wildman–Crippen MR) is 63.2 cm³/mol. The normalized spacial score (nSPS) is 19.5. The molecule has 0 amide bonds. The summed E-state index contributed by atoms with van der Waals surface area (Å²) < 4.78 is 9.23. The van der Waals surface area contributed by atoms with E-state index in [1.807, 2.05) is 0 Å². The molecule has 17 heavy (non-hydrogen) atoms. The average Bonchev–Trinajstić information content (AvgIpc) is 2.74. The van der Waals surface area contributed by atoms with Gasteiger partial charge in [-0.15, -0.1) is 0 Å². The van der Waals surface area contributed by atoms with E-state index in [9.17, 15) is 9.59 Å². The topological polar surface area (TPSA) is 52.6 Å². The summed E-state index contributed by atoms with van der Waals surface area (Å²) in [5.74, 6) is -1.38. The zero-order valence-electron chi connectivity index (χ0n) is 10.5. The third kappa shape index (κ3) is 3.58. The third-order valence-corrected chi connectivity index (χ3v) is 3.40. The van der Waals surface area contributed by atoms with Crippen molar-refractivity contribution in [3.63, 3.8) is 0 Å². The Morgan fingerprint density at radius 2 is 1.94 bits per heavy atom. The van der Waals surface area contributed by atoms with Gasteiger partial charge in [-0.05, 0) is 38.0 Å². The van der Waals surface area contributed by atoms with Gasteiger partial charge in [0.2, 0.25) is 0 Å². The molecule has 0 saturated heterocycles. The van der Waals surface area contributed by atoms with E-state index in [1.165, 1.54) is 19.8 Å². The van der Waals surface area contributed by atoms with E-state index in [1.54, 1.807) is 0 Å². The van der Waals surface area contributed by atoms with Crippen LogP contribution in [0.5, 0.6) is 0 Å². The minimum Gasteiger partial charge on any atom is -0.468 e. The van der Waals surface area contributed by atoms with Gasteiger partial charge >= 0.3 is 11.9 Å². The lowest BCUT2D eigenvalue weighted by Gasteiger charge is -2.15. The zero-order chi connectivity index (χ0) is 12.8. The molecule has 0 N–H and O–H groups in total. The highest BCUT2D eigenvalue weighted by atomic mass is 16.5. The number of rotatable bonds is 5. The van der Waals surface area contributed by atoms with Crippen molar-refractivity contribution >= 4 is 11.9 Å². The van der Waals surface area contributed by atoms with Crippen LogP contribution >= 0.6 is 0 Å². The molecule has 0 heterocycles. The molecule has 1 atom stereocenters. The number of esters is 2. The second kappa shape index (κ2) is 6.42. The molecule has 1 fully saturated rings. The van der Waals surface area contributed by atoms with Crippen LogP contribution in [0.15, 0.2) is 12.2 Å². The first-order chi connectivity index (χ1) is 8.10. The highest BCUT2D eigenvalue weighted by molar-refractivity contribution is 5.94. The van der Waals surface area contributed by atoms with Gasteiger partial charge in [0.05, 0.1) is 14.2 Å².